The molecule has 0 amide bonds. The Morgan fingerprint density at radius 1 is 0.347 bits per heavy atom. The van der Waals surface area contributed by atoms with E-state index in [2.05, 4.69) is 78.6 Å². The average Bonchev–Trinajstić information content (AvgIpc) is 0.806. The van der Waals surface area contributed by atoms with E-state index in [4.69, 9.17) is 29.2 Å². The Morgan fingerprint density at radius 3 is 0.777 bits per heavy atom. The number of halogens is 16. The van der Waals surface area contributed by atoms with Crippen LogP contribution in [0.4, 0.5) is 65.9 Å². The van der Waals surface area contributed by atoms with Gasteiger partial charge in [0.2, 0.25) is 17.5 Å². The van der Waals surface area contributed by atoms with Crippen LogP contribution in [-0.4, -0.2) is 164 Å². The van der Waals surface area contributed by atoms with E-state index in [-0.39, 0.29) is 62.4 Å². The highest BCUT2D eigenvalue weighted by atomic mass is 35.5. The number of hydrogen-bond acceptors (Lipinski definition) is 18. The summed E-state index contributed by atoms with van der Waals surface area (Å²) in [5.74, 6) is -34.0. The van der Waals surface area contributed by atoms with Crippen LogP contribution in [0.5, 0.6) is 0 Å². The quantitative estimate of drug-likeness (QED) is 0.00607. The van der Waals surface area contributed by atoms with E-state index in [0.717, 1.165) is 120 Å². The number of esters is 2. The second-order valence-electron chi connectivity index (χ2n) is 26.9. The highest BCUT2D eigenvalue weighted by molar-refractivity contribution is 8.13. The lowest BCUT2D eigenvalue weighted by Gasteiger charge is -2.13. The Labute approximate surface area is 733 Å². The lowest BCUT2D eigenvalue weighted by atomic mass is 10.1. The number of aliphatic hydroxyl groups is 2. The first-order chi connectivity index (χ1) is 57.3. The van der Waals surface area contributed by atoms with Crippen molar-refractivity contribution in [2.75, 3.05) is 116 Å². The van der Waals surface area contributed by atoms with Crippen molar-refractivity contribution >= 4 is 92.9 Å². The van der Waals surface area contributed by atoms with Crippen LogP contribution >= 0.6 is 60.4 Å². The lowest BCUT2D eigenvalue weighted by molar-refractivity contribution is -0.109. The fraction of sp³-hybridized carbons (Fsp3) is 0.698. The number of rotatable bonds is 61. The molecule has 35 heteroatoms. The summed E-state index contributed by atoms with van der Waals surface area (Å²) < 4.78 is 225. The number of benzene rings is 3. The minimum Gasteiger partial charge on any atom is -0.459 e. The molecule has 0 aromatic heterocycles. The van der Waals surface area contributed by atoms with Crippen molar-refractivity contribution in [1.82, 2.24) is 4.90 Å². The van der Waals surface area contributed by atoms with Gasteiger partial charge in [-0.2, -0.15) is 12.6 Å². The zero-order chi connectivity index (χ0) is 91.3. The molecule has 2 N–H and O–H groups in total. The van der Waals surface area contributed by atoms with Crippen molar-refractivity contribution in [3.8, 4) is 0 Å². The number of aliphatic hydroxyl groups excluding tert-OH is 2. The summed E-state index contributed by atoms with van der Waals surface area (Å²) in [6.45, 7) is 21.3. The highest BCUT2D eigenvalue weighted by Crippen LogP contribution is 2.28. The maximum atomic E-state index is 13.5. The third kappa shape index (κ3) is 67.4. The van der Waals surface area contributed by atoms with Gasteiger partial charge in [0.1, 0.15) is 29.9 Å². The van der Waals surface area contributed by atoms with Gasteiger partial charge in [-0.25, -0.2) is 75.4 Å². The molecule has 0 heterocycles. The summed E-state index contributed by atoms with van der Waals surface area (Å²) in [5.41, 5.74) is -4.87. The average molecular weight is 1860 g/mol. The number of nitrogens with zero attached hydrogens (tertiary/aromatic N) is 1. The Balaban J connectivity index is -0.000000461. The molecule has 3 rings (SSSR count). The number of hydrogen-bond donors (Lipinski definition) is 4. The van der Waals surface area contributed by atoms with Crippen LogP contribution in [0.3, 0.4) is 0 Å². The molecule has 15 nitrogen and oxygen atoms in total. The van der Waals surface area contributed by atoms with Crippen LogP contribution in [-0.2, 0) is 42.8 Å². The number of thiol groups is 2. The van der Waals surface area contributed by atoms with Gasteiger partial charge in [-0.05, 0) is 94.8 Å². The number of unbranched alkanes of at least 4 members (excludes halogenated alkanes) is 31. The number of ether oxygens (including phenoxy) is 6. The third-order valence-corrected chi connectivity index (χ3v) is 19.4. The van der Waals surface area contributed by atoms with E-state index < -0.39 is 121 Å². The van der Waals surface area contributed by atoms with Crippen LogP contribution in [0.15, 0.2) is 12.7 Å². The molecule has 0 fully saturated rings. The minimum atomic E-state index is -2.33. The molecule has 0 saturated heterocycles. The molecule has 0 spiro atoms. The Morgan fingerprint density at radius 2 is 0.562 bits per heavy atom. The summed E-state index contributed by atoms with van der Waals surface area (Å²) in [6.07, 6.45) is 43.4. The van der Waals surface area contributed by atoms with Gasteiger partial charge >= 0.3 is 11.9 Å². The summed E-state index contributed by atoms with van der Waals surface area (Å²) >= 11 is 15.0. The largest absolute Gasteiger partial charge is 0.459 e. The van der Waals surface area contributed by atoms with Crippen molar-refractivity contribution < 1.29 is 133 Å². The maximum Gasteiger partial charge on any atom is 0.344 e. The first kappa shape index (κ1) is 125. The van der Waals surface area contributed by atoms with Crippen molar-refractivity contribution in [1.29, 1.82) is 0 Å². The standard InChI is InChI=1S/C22H29F5O4S.C20H27F5O3S.C15H30O3S.C13H26O2.C7ClF5O.C6H15N.C2H4OS.CH4/c1-15(28)32-14-10-8-6-4-2-3-5-7-9-11-30-12-13-31-22(29)16-17(23)19(25)21(27)20(26)18(16)24;21-15-14(16(22)18(24)19(25)17(15)23)20(26)28-12-11-27-10-8-6-4-2-1-3-5-7-9-13-29;1-15(17)19-14-10-8-6-4-2-3-5-7-9-12-18-13-11-16;1-2-3-4-5-6-7-8-9-10-12-15-13-11-14;8-7(14)1-2(9)4(11)6(13)5(12)3(1)10;1-4-7(5-2)6-3;1-2(3)4;/h2-14H2,1H3;29H,1-13H2;16H,2-14H2,1H3;2,14H,1,3-13H2;;4-6H2,1-3H3;1H3,(H,3,4);1H4. The Kier molecular flexibility index (Phi) is 88.9. The Bertz CT molecular complexity index is 3100. The molecular formula is C86H135ClF15NO14S4. The number of allylic oxidation sites excluding steroid dienone is 1. The summed E-state index contributed by atoms with van der Waals surface area (Å²) in [6, 6.07) is 0. The van der Waals surface area contributed by atoms with Gasteiger partial charge in [-0.3, -0.25) is 19.2 Å². The molecule has 121 heavy (non-hydrogen) atoms. The number of thioether (sulfide) groups is 2. The SMILES string of the molecule is C.C=CCCCCCCCCCOCCO.CC(=O)S.CC(=O)SCCCCCCCCCCCOCCO.CC(=O)SCCCCCCCCCCCOCCOC(=O)c1c(F)c(F)c(F)c(F)c1F.CCN(CC)CC.O=C(Cl)c1c(F)c(F)c(F)c(F)c1F.O=C(OCCOCCCCCCCCCCCS)c1c(F)c(F)c(F)c(F)c1F. The van der Waals surface area contributed by atoms with Gasteiger partial charge in [0.25, 0.3) is 5.24 Å². The molecular weight excluding hydrogens is 1720 g/mol. The van der Waals surface area contributed by atoms with Gasteiger partial charge in [0, 0.05) is 58.7 Å². The van der Waals surface area contributed by atoms with Crippen molar-refractivity contribution in [3.63, 3.8) is 0 Å². The predicted octanol–water partition coefficient (Wildman–Crippen LogP) is 24.6. The van der Waals surface area contributed by atoms with E-state index >= 15 is 0 Å². The second kappa shape index (κ2) is 86.1. The molecule has 0 saturated carbocycles. The summed E-state index contributed by atoms with van der Waals surface area (Å²) in [5, 5.41) is 15.5. The smallest absolute Gasteiger partial charge is 0.344 e. The number of carbonyl (C=O) groups excluding carboxylic acids is 6. The van der Waals surface area contributed by atoms with Gasteiger partial charge in [0.05, 0.1) is 39.6 Å². The zero-order valence-corrected chi connectivity index (χ0v) is 74.9. The molecule has 3 aromatic carbocycles. The van der Waals surface area contributed by atoms with Crippen molar-refractivity contribution in [2.45, 2.75) is 274 Å². The van der Waals surface area contributed by atoms with Gasteiger partial charge < -0.3 is 43.5 Å². The van der Waals surface area contributed by atoms with E-state index in [0.29, 0.717) is 26.4 Å². The molecule has 0 atom stereocenters. The predicted molar refractivity (Wildman–Crippen MR) is 459 cm³/mol. The lowest BCUT2D eigenvalue weighted by Crippen LogP contribution is -2.21. The van der Waals surface area contributed by atoms with E-state index in [1.807, 2.05) is 6.08 Å². The molecule has 0 aliphatic carbocycles. The Hall–Kier alpha value is -4.62. The van der Waals surface area contributed by atoms with Crippen LogP contribution in [0, 0.1) is 87.3 Å². The molecule has 0 unspecified atom stereocenters. The normalized spacial score (nSPS) is 10.6. The highest BCUT2D eigenvalue weighted by Gasteiger charge is 2.33. The summed E-state index contributed by atoms with van der Waals surface area (Å²) in [4.78, 5) is 66.7. The van der Waals surface area contributed by atoms with E-state index in [1.165, 1.54) is 185 Å². The summed E-state index contributed by atoms with van der Waals surface area (Å²) in [7, 11) is 0. The first-order valence-electron chi connectivity index (χ1n) is 41.3. The fourth-order valence-electron chi connectivity index (χ4n) is 10.5. The van der Waals surface area contributed by atoms with Crippen LogP contribution in [0.2, 0.25) is 0 Å². The maximum absolute atomic E-state index is 13.5. The minimum absolute atomic E-state index is 0. The molecule has 704 valence electrons. The van der Waals surface area contributed by atoms with Crippen LogP contribution in [0.1, 0.15) is 305 Å². The molecule has 0 radical (unpaired) electrons. The zero-order valence-electron chi connectivity index (χ0n) is 70.8. The molecule has 0 aliphatic heterocycles. The molecule has 0 bridgehead atoms. The van der Waals surface area contributed by atoms with Gasteiger partial charge in [0.15, 0.2) is 85.2 Å². The van der Waals surface area contributed by atoms with Gasteiger partial charge in [-0.15, -0.1) is 19.2 Å². The van der Waals surface area contributed by atoms with Crippen LogP contribution in [0.25, 0.3) is 0 Å². The van der Waals surface area contributed by atoms with E-state index in [9.17, 15) is 94.6 Å². The van der Waals surface area contributed by atoms with Crippen molar-refractivity contribution in [2.24, 2.45) is 0 Å². The molecule has 3 aromatic rings. The van der Waals surface area contributed by atoms with Crippen LogP contribution < -0.4 is 0 Å². The monoisotopic (exact) mass is 1850 g/mol. The first-order valence-corrected chi connectivity index (χ1v) is 44.8. The number of carbonyl (C=O) groups is 6. The topological polar surface area (TPSA) is 201 Å². The van der Waals surface area contributed by atoms with Gasteiger partial charge in [-0.1, -0.05) is 225 Å². The second-order valence-corrected chi connectivity index (χ2v) is 30.9. The molecule has 0 aliphatic rings. The fourth-order valence-corrected chi connectivity index (χ4v) is 12.2. The van der Waals surface area contributed by atoms with E-state index in [1.54, 1.807) is 13.8 Å². The van der Waals surface area contributed by atoms with Crippen molar-refractivity contribution in [3.05, 3.63) is 117 Å². The third-order valence-electron chi connectivity index (χ3n) is 17.1.